The maximum absolute atomic E-state index is 9.70. The van der Waals surface area contributed by atoms with Gasteiger partial charge in [-0.05, 0) is 27.7 Å². The highest BCUT2D eigenvalue weighted by Crippen LogP contribution is 2.31. The standard InChI is InChI=1S/C18H38O4S5/c1-13(19)7-23-5-6-26-17(11-24-8-14(2)20)18(27-10-16(4)22)12-25-9-15(3)21/h13-22H,5-12H2,1-4H3. The molecule has 0 amide bonds. The zero-order chi connectivity index (χ0) is 20.7. The van der Waals surface area contributed by atoms with Gasteiger partial charge in [0.25, 0.3) is 0 Å². The van der Waals surface area contributed by atoms with E-state index in [1.54, 1.807) is 35.3 Å². The Kier molecular flexibility index (Phi) is 19.4. The normalized spacial score (nSPS) is 18.7. The van der Waals surface area contributed by atoms with Crippen molar-refractivity contribution in [2.45, 2.75) is 62.6 Å². The molecule has 4 N–H and O–H groups in total. The van der Waals surface area contributed by atoms with Crippen molar-refractivity contribution in [1.29, 1.82) is 0 Å². The molecular formula is C18H38O4S5. The minimum Gasteiger partial charge on any atom is -0.393 e. The predicted octanol–water partition coefficient (Wildman–Crippen LogP) is 2.91. The molecule has 6 unspecified atom stereocenters. The molecule has 0 saturated heterocycles. The van der Waals surface area contributed by atoms with Crippen LogP contribution in [0.3, 0.4) is 0 Å². The van der Waals surface area contributed by atoms with Gasteiger partial charge in [0.2, 0.25) is 0 Å². The molecular weight excluding hydrogens is 441 g/mol. The molecule has 4 nitrogen and oxygen atoms in total. The van der Waals surface area contributed by atoms with Gasteiger partial charge in [0.1, 0.15) is 0 Å². The fourth-order valence-electron chi connectivity index (χ4n) is 2.01. The molecule has 0 fully saturated rings. The number of hydrogen-bond acceptors (Lipinski definition) is 9. The molecule has 0 aliphatic heterocycles. The molecule has 27 heavy (non-hydrogen) atoms. The minimum atomic E-state index is -0.323. The third-order valence-corrected chi connectivity index (χ3v) is 10.8. The Balaban J connectivity index is 4.66. The van der Waals surface area contributed by atoms with Crippen molar-refractivity contribution in [2.75, 3.05) is 46.0 Å². The lowest BCUT2D eigenvalue weighted by Crippen LogP contribution is -2.28. The molecule has 0 spiro atoms. The van der Waals surface area contributed by atoms with Crippen molar-refractivity contribution in [3.05, 3.63) is 0 Å². The molecule has 0 aromatic rings. The predicted molar refractivity (Wildman–Crippen MR) is 131 cm³/mol. The summed E-state index contributed by atoms with van der Waals surface area (Å²) in [7, 11) is 0. The summed E-state index contributed by atoms with van der Waals surface area (Å²) in [5.41, 5.74) is 0. The Morgan fingerprint density at radius 3 is 1.33 bits per heavy atom. The number of aliphatic hydroxyl groups is 4. The van der Waals surface area contributed by atoms with E-state index in [4.69, 9.17) is 0 Å². The fraction of sp³-hybridized carbons (Fsp3) is 1.00. The third kappa shape index (κ3) is 19.3. The van der Waals surface area contributed by atoms with E-state index >= 15 is 0 Å². The molecule has 6 atom stereocenters. The van der Waals surface area contributed by atoms with Gasteiger partial charge in [-0.1, -0.05) is 0 Å². The van der Waals surface area contributed by atoms with Crippen LogP contribution in [0.1, 0.15) is 27.7 Å². The van der Waals surface area contributed by atoms with Crippen LogP contribution in [0.25, 0.3) is 0 Å². The summed E-state index contributed by atoms with van der Waals surface area (Å²) >= 11 is 9.12. The number of aliphatic hydroxyl groups excluding tert-OH is 4. The van der Waals surface area contributed by atoms with E-state index in [-0.39, 0.29) is 24.4 Å². The summed E-state index contributed by atoms with van der Waals surface area (Å²) in [6.07, 6.45) is -1.18. The van der Waals surface area contributed by atoms with E-state index in [1.807, 2.05) is 51.2 Å². The average molecular weight is 479 g/mol. The number of hydrogen-bond donors (Lipinski definition) is 4. The number of thioether (sulfide) groups is 5. The number of rotatable bonds is 18. The molecule has 0 aromatic heterocycles. The van der Waals surface area contributed by atoms with Gasteiger partial charge in [0.15, 0.2) is 0 Å². The first-order valence-electron chi connectivity index (χ1n) is 9.41. The highest BCUT2D eigenvalue weighted by Gasteiger charge is 2.23. The first-order chi connectivity index (χ1) is 12.7. The Morgan fingerprint density at radius 2 is 0.889 bits per heavy atom. The molecule has 9 heteroatoms. The molecule has 164 valence electrons. The lowest BCUT2D eigenvalue weighted by atomic mass is 10.3. The highest BCUT2D eigenvalue weighted by molar-refractivity contribution is 8.07. The maximum Gasteiger partial charge on any atom is 0.0602 e. The Hall–Kier alpha value is 1.59. The molecule has 0 radical (unpaired) electrons. The van der Waals surface area contributed by atoms with Crippen LogP contribution in [0.5, 0.6) is 0 Å². The summed E-state index contributed by atoms with van der Waals surface area (Å²) in [5.74, 6) is 6.93. The summed E-state index contributed by atoms with van der Waals surface area (Å²) < 4.78 is 0. The van der Waals surface area contributed by atoms with Gasteiger partial charge in [-0.25, -0.2) is 0 Å². The van der Waals surface area contributed by atoms with Gasteiger partial charge in [-0.2, -0.15) is 58.8 Å². The van der Waals surface area contributed by atoms with Gasteiger partial charge in [0.05, 0.1) is 24.4 Å². The minimum absolute atomic E-state index is 0.261. The second-order valence-corrected chi connectivity index (χ2v) is 12.7. The van der Waals surface area contributed by atoms with Crippen LogP contribution in [0.15, 0.2) is 0 Å². The zero-order valence-corrected chi connectivity index (χ0v) is 21.0. The van der Waals surface area contributed by atoms with E-state index < -0.39 is 0 Å². The van der Waals surface area contributed by atoms with Crippen LogP contribution in [-0.4, -0.2) is 101 Å². The topological polar surface area (TPSA) is 80.9 Å². The van der Waals surface area contributed by atoms with E-state index in [0.29, 0.717) is 10.5 Å². The van der Waals surface area contributed by atoms with Crippen LogP contribution in [0, 0.1) is 0 Å². The summed E-state index contributed by atoms with van der Waals surface area (Å²) in [6, 6.07) is 0. The van der Waals surface area contributed by atoms with E-state index in [9.17, 15) is 20.4 Å². The second kappa shape index (κ2) is 18.4. The lowest BCUT2D eigenvalue weighted by Gasteiger charge is -2.27. The van der Waals surface area contributed by atoms with Crippen LogP contribution < -0.4 is 0 Å². The molecule has 0 heterocycles. The van der Waals surface area contributed by atoms with E-state index in [1.165, 1.54) is 0 Å². The fourth-order valence-corrected chi connectivity index (χ4v) is 8.77. The van der Waals surface area contributed by atoms with Gasteiger partial charge < -0.3 is 20.4 Å². The van der Waals surface area contributed by atoms with Crippen molar-refractivity contribution >= 4 is 58.8 Å². The van der Waals surface area contributed by atoms with Crippen LogP contribution >= 0.6 is 58.8 Å². The quantitative estimate of drug-likeness (QED) is 0.222. The van der Waals surface area contributed by atoms with Gasteiger partial charge >= 0.3 is 0 Å². The third-order valence-electron chi connectivity index (χ3n) is 3.17. The zero-order valence-electron chi connectivity index (χ0n) is 17.0. The molecule has 0 aliphatic rings. The summed E-state index contributed by atoms with van der Waals surface area (Å²) in [5, 5.41) is 39.0. The Bertz CT molecular complexity index is 333. The maximum atomic E-state index is 9.70. The van der Waals surface area contributed by atoms with Crippen molar-refractivity contribution < 1.29 is 20.4 Å². The monoisotopic (exact) mass is 478 g/mol. The first kappa shape index (κ1) is 28.6. The van der Waals surface area contributed by atoms with Crippen LogP contribution in [0.4, 0.5) is 0 Å². The van der Waals surface area contributed by atoms with Crippen molar-refractivity contribution in [2.24, 2.45) is 0 Å². The SMILES string of the molecule is CC(O)CSCCSC(CSCC(C)O)C(CSCC(C)O)SCC(C)O. The Morgan fingerprint density at radius 1 is 0.481 bits per heavy atom. The van der Waals surface area contributed by atoms with Gasteiger partial charge in [-0.3, -0.25) is 0 Å². The molecule has 0 rings (SSSR count). The highest BCUT2D eigenvalue weighted by atomic mass is 32.2. The first-order valence-corrected chi connectivity index (χ1v) is 15.0. The smallest absolute Gasteiger partial charge is 0.0602 e. The second-order valence-electron chi connectivity index (χ2n) is 6.83. The van der Waals surface area contributed by atoms with Crippen molar-refractivity contribution in [3.63, 3.8) is 0 Å². The molecule has 0 bridgehead atoms. The van der Waals surface area contributed by atoms with Crippen LogP contribution in [0.2, 0.25) is 0 Å². The molecule has 0 aliphatic carbocycles. The summed E-state index contributed by atoms with van der Waals surface area (Å²) in [6.45, 7) is 7.27. The van der Waals surface area contributed by atoms with Gasteiger partial charge in [0, 0.05) is 56.5 Å². The van der Waals surface area contributed by atoms with Gasteiger partial charge in [-0.15, -0.1) is 0 Å². The average Bonchev–Trinajstić information content (AvgIpc) is 2.55. The molecule has 0 aromatic carbocycles. The molecule has 0 saturated carbocycles. The van der Waals surface area contributed by atoms with Crippen LogP contribution in [-0.2, 0) is 0 Å². The van der Waals surface area contributed by atoms with E-state index in [2.05, 4.69) is 0 Å². The van der Waals surface area contributed by atoms with E-state index in [0.717, 1.165) is 46.0 Å². The Labute approximate surface area is 187 Å². The van der Waals surface area contributed by atoms with Crippen molar-refractivity contribution in [1.82, 2.24) is 0 Å². The van der Waals surface area contributed by atoms with Crippen molar-refractivity contribution in [3.8, 4) is 0 Å². The lowest BCUT2D eigenvalue weighted by molar-refractivity contribution is 0.219. The summed E-state index contributed by atoms with van der Waals surface area (Å²) in [4.78, 5) is 0. The largest absolute Gasteiger partial charge is 0.393 e.